The molecule has 1 aromatic carbocycles. The number of fused-ring (bicyclic) bond motifs is 1. The monoisotopic (exact) mass is 341 g/mol. The maximum atomic E-state index is 12.5. The summed E-state index contributed by atoms with van der Waals surface area (Å²) in [4.78, 5) is 0.224. The Bertz CT molecular complexity index is 649. The molecule has 0 aliphatic heterocycles. The first-order valence-corrected chi connectivity index (χ1v) is 9.55. The zero-order chi connectivity index (χ0) is 17.3. The van der Waals surface area contributed by atoms with E-state index in [9.17, 15) is 18.6 Å². The molecule has 23 heavy (non-hydrogen) atoms. The minimum atomic E-state index is -3.71. The van der Waals surface area contributed by atoms with Gasteiger partial charge in [-0.05, 0) is 54.4 Å². The number of hydrogen-bond donors (Lipinski definition) is 3. The van der Waals surface area contributed by atoms with Crippen molar-refractivity contribution in [2.45, 2.75) is 63.5 Å². The van der Waals surface area contributed by atoms with Gasteiger partial charge in [-0.2, -0.15) is 0 Å². The summed E-state index contributed by atoms with van der Waals surface area (Å²) in [6.07, 6.45) is 2.43. The molecule has 1 aliphatic carbocycles. The second-order valence-electron chi connectivity index (χ2n) is 7.40. The van der Waals surface area contributed by atoms with Crippen LogP contribution in [0.25, 0.3) is 0 Å². The SMILES string of the molecule is CC(C)(C)C(O)CC(CO)NS(=O)(=O)c1ccc2c(c1)CCC2. The summed E-state index contributed by atoms with van der Waals surface area (Å²) in [6.45, 7) is 5.28. The third-order valence-corrected chi connectivity index (χ3v) is 5.95. The van der Waals surface area contributed by atoms with Crippen LogP contribution in [0.1, 0.15) is 44.7 Å². The fourth-order valence-corrected chi connectivity index (χ4v) is 4.08. The summed E-state index contributed by atoms with van der Waals surface area (Å²) >= 11 is 0. The van der Waals surface area contributed by atoms with Crippen LogP contribution in [0.3, 0.4) is 0 Å². The van der Waals surface area contributed by atoms with Gasteiger partial charge in [-0.25, -0.2) is 13.1 Å². The van der Waals surface area contributed by atoms with Gasteiger partial charge in [-0.15, -0.1) is 0 Å². The normalized spacial score (nSPS) is 17.8. The van der Waals surface area contributed by atoms with Gasteiger partial charge in [0.2, 0.25) is 10.0 Å². The van der Waals surface area contributed by atoms with Crippen LogP contribution in [0.4, 0.5) is 0 Å². The maximum absolute atomic E-state index is 12.5. The highest BCUT2D eigenvalue weighted by atomic mass is 32.2. The van der Waals surface area contributed by atoms with Crippen molar-refractivity contribution in [2.24, 2.45) is 5.41 Å². The Morgan fingerprint density at radius 1 is 1.22 bits per heavy atom. The molecule has 5 nitrogen and oxygen atoms in total. The highest BCUT2D eigenvalue weighted by Gasteiger charge is 2.28. The van der Waals surface area contributed by atoms with Gasteiger partial charge in [0.25, 0.3) is 0 Å². The van der Waals surface area contributed by atoms with Crippen LogP contribution in [0.2, 0.25) is 0 Å². The molecule has 0 amide bonds. The third-order valence-electron chi connectivity index (χ3n) is 4.43. The Morgan fingerprint density at radius 2 is 1.87 bits per heavy atom. The summed E-state index contributed by atoms with van der Waals surface area (Å²) in [6, 6.07) is 4.50. The Labute approximate surface area is 138 Å². The lowest BCUT2D eigenvalue weighted by atomic mass is 9.86. The molecular formula is C17H27NO4S. The predicted molar refractivity (Wildman–Crippen MR) is 89.7 cm³/mol. The molecule has 2 atom stereocenters. The highest BCUT2D eigenvalue weighted by molar-refractivity contribution is 7.89. The van der Waals surface area contributed by atoms with Crippen molar-refractivity contribution in [2.75, 3.05) is 6.61 Å². The standard InChI is InChI=1S/C17H27NO4S/c1-17(2,3)16(20)10-14(11-19)18-23(21,22)15-8-7-12-5-4-6-13(12)9-15/h7-9,14,16,18-20H,4-6,10-11H2,1-3H3. The zero-order valence-electron chi connectivity index (χ0n) is 14.0. The lowest BCUT2D eigenvalue weighted by molar-refractivity contribution is 0.0420. The van der Waals surface area contributed by atoms with Crippen molar-refractivity contribution in [1.82, 2.24) is 4.72 Å². The molecule has 0 saturated heterocycles. The summed E-state index contributed by atoms with van der Waals surface area (Å²) in [5.74, 6) is 0. The Kier molecular flexibility index (Phi) is 5.51. The topological polar surface area (TPSA) is 86.6 Å². The van der Waals surface area contributed by atoms with Gasteiger partial charge in [0.1, 0.15) is 0 Å². The van der Waals surface area contributed by atoms with Crippen molar-refractivity contribution in [3.8, 4) is 0 Å². The quantitative estimate of drug-likeness (QED) is 0.734. The van der Waals surface area contributed by atoms with Gasteiger partial charge in [0, 0.05) is 6.04 Å². The lowest BCUT2D eigenvalue weighted by Crippen LogP contribution is -2.42. The Morgan fingerprint density at radius 3 is 2.48 bits per heavy atom. The molecule has 0 aromatic heterocycles. The molecule has 2 unspecified atom stereocenters. The molecule has 0 fully saturated rings. The minimum Gasteiger partial charge on any atom is -0.395 e. The van der Waals surface area contributed by atoms with Gasteiger partial charge in [0.15, 0.2) is 0 Å². The molecule has 1 aromatic rings. The van der Waals surface area contributed by atoms with Gasteiger partial charge >= 0.3 is 0 Å². The van der Waals surface area contributed by atoms with Crippen molar-refractivity contribution >= 4 is 10.0 Å². The zero-order valence-corrected chi connectivity index (χ0v) is 14.9. The number of aliphatic hydroxyl groups is 2. The number of aryl methyl sites for hydroxylation is 2. The van der Waals surface area contributed by atoms with E-state index in [4.69, 9.17) is 0 Å². The van der Waals surface area contributed by atoms with E-state index in [0.717, 1.165) is 24.8 Å². The predicted octanol–water partition coefficient (Wildman–Crippen LogP) is 1.61. The number of aliphatic hydroxyl groups excluding tert-OH is 2. The molecule has 2 rings (SSSR count). The smallest absolute Gasteiger partial charge is 0.240 e. The second kappa shape index (κ2) is 6.89. The molecule has 0 saturated carbocycles. The van der Waals surface area contributed by atoms with Crippen LogP contribution >= 0.6 is 0 Å². The van der Waals surface area contributed by atoms with E-state index >= 15 is 0 Å². The fraction of sp³-hybridized carbons (Fsp3) is 0.647. The number of hydrogen-bond acceptors (Lipinski definition) is 4. The average molecular weight is 341 g/mol. The van der Waals surface area contributed by atoms with Crippen molar-refractivity contribution in [3.05, 3.63) is 29.3 Å². The van der Waals surface area contributed by atoms with Crippen LogP contribution in [0, 0.1) is 5.41 Å². The van der Waals surface area contributed by atoms with E-state index in [1.54, 1.807) is 12.1 Å². The maximum Gasteiger partial charge on any atom is 0.240 e. The van der Waals surface area contributed by atoms with E-state index < -0.39 is 22.2 Å². The lowest BCUT2D eigenvalue weighted by Gasteiger charge is -2.29. The first kappa shape index (κ1) is 18.4. The molecule has 0 heterocycles. The number of benzene rings is 1. The van der Waals surface area contributed by atoms with E-state index in [0.29, 0.717) is 0 Å². The molecule has 0 spiro atoms. The summed E-state index contributed by atoms with van der Waals surface area (Å²) in [5, 5.41) is 19.6. The summed E-state index contributed by atoms with van der Waals surface area (Å²) < 4.78 is 27.6. The van der Waals surface area contributed by atoms with Crippen molar-refractivity contribution in [1.29, 1.82) is 0 Å². The molecule has 3 N–H and O–H groups in total. The van der Waals surface area contributed by atoms with Gasteiger partial charge in [0.05, 0.1) is 17.6 Å². The molecule has 0 radical (unpaired) electrons. The molecule has 1 aliphatic rings. The second-order valence-corrected chi connectivity index (χ2v) is 9.12. The van der Waals surface area contributed by atoms with Crippen LogP contribution < -0.4 is 4.72 Å². The van der Waals surface area contributed by atoms with Crippen LogP contribution in [-0.4, -0.2) is 37.4 Å². The van der Waals surface area contributed by atoms with Gasteiger partial charge in [-0.1, -0.05) is 26.8 Å². The average Bonchev–Trinajstić information content (AvgIpc) is 2.92. The first-order chi connectivity index (χ1) is 10.6. The molecule has 6 heteroatoms. The fourth-order valence-electron chi connectivity index (χ4n) is 2.79. The largest absolute Gasteiger partial charge is 0.395 e. The summed E-state index contributed by atoms with van der Waals surface area (Å²) in [5.41, 5.74) is 1.93. The summed E-state index contributed by atoms with van der Waals surface area (Å²) in [7, 11) is -3.71. The van der Waals surface area contributed by atoms with E-state index in [2.05, 4.69) is 4.72 Å². The first-order valence-electron chi connectivity index (χ1n) is 8.06. The molecule has 0 bridgehead atoms. The molecule has 130 valence electrons. The van der Waals surface area contributed by atoms with E-state index in [-0.39, 0.29) is 23.3 Å². The van der Waals surface area contributed by atoms with Crippen molar-refractivity contribution in [3.63, 3.8) is 0 Å². The Hall–Kier alpha value is -0.950. The molecular weight excluding hydrogens is 314 g/mol. The number of nitrogens with one attached hydrogen (secondary N) is 1. The Balaban J connectivity index is 2.13. The number of rotatable bonds is 6. The number of sulfonamides is 1. The van der Waals surface area contributed by atoms with Crippen LogP contribution in [-0.2, 0) is 22.9 Å². The van der Waals surface area contributed by atoms with Gasteiger partial charge < -0.3 is 10.2 Å². The highest BCUT2D eigenvalue weighted by Crippen LogP contribution is 2.26. The van der Waals surface area contributed by atoms with Crippen molar-refractivity contribution < 1.29 is 18.6 Å². The van der Waals surface area contributed by atoms with Crippen LogP contribution in [0.15, 0.2) is 23.1 Å². The van der Waals surface area contributed by atoms with Gasteiger partial charge in [-0.3, -0.25) is 0 Å². The third kappa shape index (κ3) is 4.53. The van der Waals surface area contributed by atoms with E-state index in [1.165, 1.54) is 5.56 Å². The van der Waals surface area contributed by atoms with E-state index in [1.807, 2.05) is 26.8 Å². The minimum absolute atomic E-state index is 0.171. The van der Waals surface area contributed by atoms with Crippen LogP contribution in [0.5, 0.6) is 0 Å².